The minimum Gasteiger partial charge on any atom is -0.338 e. The topological polar surface area (TPSA) is 45.4 Å². The SMILES string of the molecule is c1ccc(C(c2ccccc2)N2CCN(Cc3nc(-c4ccsc4)no3)CC2)cc1. The van der Waals surface area contributed by atoms with Crippen LogP contribution in [0, 0.1) is 0 Å². The second-order valence-electron chi connectivity index (χ2n) is 7.56. The molecule has 1 saturated heterocycles. The first-order valence-corrected chi connectivity index (χ1v) is 11.2. The lowest BCUT2D eigenvalue weighted by Gasteiger charge is -2.39. The molecule has 4 aromatic rings. The molecule has 3 heterocycles. The number of nitrogens with zero attached hydrogens (tertiary/aromatic N) is 4. The summed E-state index contributed by atoms with van der Waals surface area (Å²) in [7, 11) is 0. The number of aromatic nitrogens is 2. The first-order valence-electron chi connectivity index (χ1n) is 10.3. The summed E-state index contributed by atoms with van der Waals surface area (Å²) in [6.45, 7) is 4.66. The fourth-order valence-corrected chi connectivity index (χ4v) is 4.72. The Morgan fingerprint density at radius 2 is 1.53 bits per heavy atom. The van der Waals surface area contributed by atoms with Crippen LogP contribution in [0.3, 0.4) is 0 Å². The van der Waals surface area contributed by atoms with Gasteiger partial charge in [0.1, 0.15) is 0 Å². The van der Waals surface area contributed by atoms with Crippen LogP contribution in [0.5, 0.6) is 0 Å². The average Bonchev–Trinajstić information content (AvgIpc) is 3.49. The van der Waals surface area contributed by atoms with Gasteiger partial charge in [-0.3, -0.25) is 9.80 Å². The number of thiophene rings is 1. The number of hydrogen-bond acceptors (Lipinski definition) is 6. The highest BCUT2D eigenvalue weighted by molar-refractivity contribution is 7.08. The molecule has 0 amide bonds. The maximum Gasteiger partial charge on any atom is 0.241 e. The second kappa shape index (κ2) is 8.92. The Balaban J connectivity index is 1.26. The van der Waals surface area contributed by atoms with Crippen molar-refractivity contribution in [2.75, 3.05) is 26.2 Å². The summed E-state index contributed by atoms with van der Waals surface area (Å²) in [6, 6.07) is 23.9. The van der Waals surface area contributed by atoms with Crippen LogP contribution >= 0.6 is 11.3 Å². The van der Waals surface area contributed by atoms with Crippen molar-refractivity contribution in [1.82, 2.24) is 19.9 Å². The van der Waals surface area contributed by atoms with E-state index in [2.05, 4.69) is 80.6 Å². The van der Waals surface area contributed by atoms with Crippen LogP contribution in [-0.4, -0.2) is 46.1 Å². The van der Waals surface area contributed by atoms with E-state index in [0.717, 1.165) is 31.7 Å². The minimum absolute atomic E-state index is 0.281. The zero-order chi connectivity index (χ0) is 20.2. The van der Waals surface area contributed by atoms with E-state index in [-0.39, 0.29) is 6.04 Å². The standard InChI is InChI=1S/C24H24N4OS/c1-3-7-19(8-4-1)23(20-9-5-2-6-10-20)28-14-12-27(13-15-28)17-22-25-24(26-29-22)21-11-16-30-18-21/h1-11,16,18,23H,12-15,17H2. The Morgan fingerprint density at radius 3 is 2.13 bits per heavy atom. The van der Waals surface area contributed by atoms with Crippen LogP contribution in [0.1, 0.15) is 23.1 Å². The van der Waals surface area contributed by atoms with Gasteiger partial charge in [0.05, 0.1) is 12.6 Å². The van der Waals surface area contributed by atoms with Gasteiger partial charge < -0.3 is 4.52 Å². The molecule has 2 aromatic carbocycles. The Morgan fingerprint density at radius 1 is 0.867 bits per heavy atom. The van der Waals surface area contributed by atoms with Gasteiger partial charge in [-0.15, -0.1) is 0 Å². The monoisotopic (exact) mass is 416 g/mol. The molecule has 30 heavy (non-hydrogen) atoms. The lowest BCUT2D eigenvalue weighted by molar-refractivity contribution is 0.0966. The lowest BCUT2D eigenvalue weighted by Crippen LogP contribution is -2.47. The molecule has 0 atom stereocenters. The molecule has 2 aromatic heterocycles. The van der Waals surface area contributed by atoms with E-state index in [4.69, 9.17) is 4.52 Å². The summed E-state index contributed by atoms with van der Waals surface area (Å²) in [4.78, 5) is 9.54. The van der Waals surface area contributed by atoms with Crippen molar-refractivity contribution >= 4 is 11.3 Å². The van der Waals surface area contributed by atoms with E-state index in [0.29, 0.717) is 18.3 Å². The molecule has 0 spiro atoms. The van der Waals surface area contributed by atoms with Crippen LogP contribution in [0.2, 0.25) is 0 Å². The quantitative estimate of drug-likeness (QED) is 0.456. The van der Waals surface area contributed by atoms with Crippen LogP contribution in [-0.2, 0) is 6.54 Å². The first kappa shape index (κ1) is 19.2. The maximum absolute atomic E-state index is 5.49. The van der Waals surface area contributed by atoms with Crippen LogP contribution in [0.4, 0.5) is 0 Å². The third kappa shape index (κ3) is 4.21. The van der Waals surface area contributed by atoms with Gasteiger partial charge >= 0.3 is 0 Å². The fraction of sp³-hybridized carbons (Fsp3) is 0.250. The van der Waals surface area contributed by atoms with Gasteiger partial charge in [0, 0.05) is 37.1 Å². The van der Waals surface area contributed by atoms with E-state index < -0.39 is 0 Å². The molecule has 5 rings (SSSR count). The summed E-state index contributed by atoms with van der Waals surface area (Å²) in [5.41, 5.74) is 3.71. The fourth-order valence-electron chi connectivity index (χ4n) is 4.08. The molecule has 0 saturated carbocycles. The first-order chi connectivity index (χ1) is 14.9. The molecule has 0 aliphatic carbocycles. The second-order valence-corrected chi connectivity index (χ2v) is 8.34. The third-order valence-corrected chi connectivity index (χ3v) is 6.29. The Hall–Kier alpha value is -2.80. The number of hydrogen-bond donors (Lipinski definition) is 0. The van der Waals surface area contributed by atoms with Crippen molar-refractivity contribution in [1.29, 1.82) is 0 Å². The van der Waals surface area contributed by atoms with Gasteiger partial charge in [-0.1, -0.05) is 65.8 Å². The average molecular weight is 417 g/mol. The maximum atomic E-state index is 5.49. The van der Waals surface area contributed by atoms with Crippen molar-refractivity contribution in [2.24, 2.45) is 0 Å². The summed E-state index contributed by atoms with van der Waals surface area (Å²) in [5, 5.41) is 8.20. The minimum atomic E-state index is 0.281. The summed E-state index contributed by atoms with van der Waals surface area (Å²) < 4.78 is 5.49. The molecular weight excluding hydrogens is 392 g/mol. The lowest BCUT2D eigenvalue weighted by atomic mass is 9.96. The van der Waals surface area contributed by atoms with E-state index in [1.54, 1.807) is 11.3 Å². The molecule has 1 fully saturated rings. The van der Waals surface area contributed by atoms with E-state index >= 15 is 0 Å². The Kier molecular flexibility index (Phi) is 5.70. The zero-order valence-electron chi connectivity index (χ0n) is 16.7. The van der Waals surface area contributed by atoms with Crippen LogP contribution in [0.15, 0.2) is 82.0 Å². The predicted octanol–water partition coefficient (Wildman–Crippen LogP) is 4.71. The molecule has 1 aliphatic rings. The predicted molar refractivity (Wildman–Crippen MR) is 119 cm³/mol. The van der Waals surface area contributed by atoms with Gasteiger partial charge in [0.15, 0.2) is 0 Å². The van der Waals surface area contributed by atoms with Crippen LogP contribution in [0.25, 0.3) is 11.4 Å². The Bertz CT molecular complexity index is 1000. The van der Waals surface area contributed by atoms with Crippen LogP contribution < -0.4 is 0 Å². The smallest absolute Gasteiger partial charge is 0.241 e. The van der Waals surface area contributed by atoms with Gasteiger partial charge in [-0.25, -0.2) is 0 Å². The molecule has 0 unspecified atom stereocenters. The summed E-state index contributed by atoms with van der Waals surface area (Å²) in [6.07, 6.45) is 0. The zero-order valence-corrected chi connectivity index (χ0v) is 17.5. The molecule has 1 aliphatic heterocycles. The van der Waals surface area contributed by atoms with Crippen molar-refractivity contribution in [3.05, 3.63) is 94.5 Å². The van der Waals surface area contributed by atoms with E-state index in [1.165, 1.54) is 11.1 Å². The van der Waals surface area contributed by atoms with Crippen molar-refractivity contribution in [2.45, 2.75) is 12.6 Å². The highest BCUT2D eigenvalue weighted by Gasteiger charge is 2.27. The number of rotatable bonds is 6. The van der Waals surface area contributed by atoms with Crippen molar-refractivity contribution < 1.29 is 4.52 Å². The largest absolute Gasteiger partial charge is 0.338 e. The summed E-state index contributed by atoms with van der Waals surface area (Å²) in [5.74, 6) is 1.37. The molecule has 0 bridgehead atoms. The van der Waals surface area contributed by atoms with Gasteiger partial charge in [-0.2, -0.15) is 16.3 Å². The molecule has 0 radical (unpaired) electrons. The molecule has 5 nitrogen and oxygen atoms in total. The normalized spacial score (nSPS) is 15.6. The Labute approximate surface area is 180 Å². The molecule has 6 heteroatoms. The number of piperazine rings is 1. The van der Waals surface area contributed by atoms with Crippen molar-refractivity contribution in [3.8, 4) is 11.4 Å². The number of benzene rings is 2. The highest BCUT2D eigenvalue weighted by Crippen LogP contribution is 2.29. The van der Waals surface area contributed by atoms with Gasteiger partial charge in [0.25, 0.3) is 0 Å². The van der Waals surface area contributed by atoms with Gasteiger partial charge in [-0.05, 0) is 22.6 Å². The van der Waals surface area contributed by atoms with Crippen molar-refractivity contribution in [3.63, 3.8) is 0 Å². The van der Waals surface area contributed by atoms with Gasteiger partial charge in [0.2, 0.25) is 11.7 Å². The highest BCUT2D eigenvalue weighted by atomic mass is 32.1. The summed E-state index contributed by atoms with van der Waals surface area (Å²) >= 11 is 1.64. The van der Waals surface area contributed by atoms with E-state index in [9.17, 15) is 0 Å². The van der Waals surface area contributed by atoms with E-state index in [1.807, 2.05) is 16.8 Å². The third-order valence-electron chi connectivity index (χ3n) is 5.61. The molecular formula is C24H24N4OS. The molecule has 152 valence electrons. The molecule has 0 N–H and O–H groups in total.